The van der Waals surface area contributed by atoms with Crippen LogP contribution in [0.25, 0.3) is 0 Å². The van der Waals surface area contributed by atoms with Crippen LogP contribution in [0.3, 0.4) is 0 Å². The SMILES string of the molecule is COc1ccc(COC[C@H](C)[C@@H]2OC(C)(C)O[C@@H]([C@@H](C)C[C@H](O[Si](C)(C)C(C)(C)C)C(C)=O)[C@H]2C)cc1. The quantitative estimate of drug-likeness (QED) is 0.268. The number of hydrogen-bond donors (Lipinski definition) is 0. The van der Waals surface area contributed by atoms with E-state index < -0.39 is 20.2 Å². The summed E-state index contributed by atoms with van der Waals surface area (Å²) in [7, 11) is -0.416. The van der Waals surface area contributed by atoms with Gasteiger partial charge in [-0.3, -0.25) is 4.79 Å². The lowest BCUT2D eigenvalue weighted by Crippen LogP contribution is -2.55. The van der Waals surface area contributed by atoms with Crippen molar-refractivity contribution in [2.24, 2.45) is 17.8 Å². The largest absolute Gasteiger partial charge is 0.497 e. The van der Waals surface area contributed by atoms with Crippen LogP contribution in [0, 0.1) is 17.8 Å². The molecular weight excluding hydrogens is 484 g/mol. The molecule has 1 aromatic carbocycles. The summed E-state index contributed by atoms with van der Waals surface area (Å²) in [6.45, 7) is 24.3. The Morgan fingerprint density at radius 1 is 1.05 bits per heavy atom. The molecule has 0 N–H and O–H groups in total. The van der Waals surface area contributed by atoms with Crippen LogP contribution in [-0.4, -0.2) is 51.9 Å². The molecule has 1 saturated heterocycles. The zero-order valence-electron chi connectivity index (χ0n) is 25.3. The number of methoxy groups -OCH3 is 1. The highest BCUT2D eigenvalue weighted by Crippen LogP contribution is 2.41. The number of Topliss-reactive ketones (excluding diaryl/α,β-unsaturated/α-hetero) is 1. The van der Waals surface area contributed by atoms with Gasteiger partial charge < -0.3 is 23.4 Å². The van der Waals surface area contributed by atoms with Crippen molar-refractivity contribution in [1.82, 2.24) is 0 Å². The number of hydrogen-bond acceptors (Lipinski definition) is 6. The average Bonchev–Trinajstić information content (AvgIpc) is 2.79. The molecule has 37 heavy (non-hydrogen) atoms. The van der Waals surface area contributed by atoms with Crippen LogP contribution in [-0.2, 0) is 30.0 Å². The number of carbonyl (C=O) groups excluding carboxylic acids is 1. The van der Waals surface area contributed by atoms with Crippen molar-refractivity contribution < 1.29 is 28.2 Å². The van der Waals surface area contributed by atoms with Crippen LogP contribution in [0.1, 0.15) is 74.3 Å². The maximum atomic E-state index is 12.6. The van der Waals surface area contributed by atoms with E-state index in [1.165, 1.54) is 0 Å². The third-order valence-electron chi connectivity index (χ3n) is 8.09. The Balaban J connectivity index is 2.06. The van der Waals surface area contributed by atoms with Crippen molar-refractivity contribution in [3.63, 3.8) is 0 Å². The number of rotatable bonds is 12. The molecule has 7 heteroatoms. The van der Waals surface area contributed by atoms with E-state index >= 15 is 0 Å². The van der Waals surface area contributed by atoms with Crippen LogP contribution in [0.4, 0.5) is 0 Å². The van der Waals surface area contributed by atoms with E-state index in [9.17, 15) is 4.79 Å². The van der Waals surface area contributed by atoms with E-state index in [0.717, 1.165) is 11.3 Å². The molecule has 1 aliphatic heterocycles. The molecule has 0 bridgehead atoms. The Labute approximate surface area is 226 Å². The summed E-state index contributed by atoms with van der Waals surface area (Å²) >= 11 is 0. The van der Waals surface area contributed by atoms with Gasteiger partial charge in [0.15, 0.2) is 19.9 Å². The molecule has 0 saturated carbocycles. The first-order chi connectivity index (χ1) is 17.0. The van der Waals surface area contributed by atoms with Gasteiger partial charge in [0.05, 0.1) is 32.5 Å². The Kier molecular flexibility index (Phi) is 11.0. The molecule has 0 unspecified atom stereocenters. The summed E-state index contributed by atoms with van der Waals surface area (Å²) < 4.78 is 30.8. The number of ether oxygens (including phenoxy) is 4. The van der Waals surface area contributed by atoms with Crippen LogP contribution >= 0.6 is 0 Å². The lowest BCUT2D eigenvalue weighted by molar-refractivity contribution is -0.336. The molecule has 212 valence electrons. The molecule has 6 atom stereocenters. The molecule has 2 rings (SSSR count). The van der Waals surface area contributed by atoms with Gasteiger partial charge in [-0.05, 0) is 68.9 Å². The van der Waals surface area contributed by atoms with E-state index in [1.54, 1.807) is 14.0 Å². The summed E-state index contributed by atoms with van der Waals surface area (Å²) in [6, 6.07) is 7.94. The third kappa shape index (κ3) is 8.89. The molecule has 0 spiro atoms. The summed E-state index contributed by atoms with van der Waals surface area (Å²) in [6.07, 6.45) is 0.148. The predicted molar refractivity (Wildman–Crippen MR) is 151 cm³/mol. The minimum atomic E-state index is -2.08. The van der Waals surface area contributed by atoms with Gasteiger partial charge in [0.2, 0.25) is 0 Å². The van der Waals surface area contributed by atoms with Crippen molar-refractivity contribution in [2.75, 3.05) is 13.7 Å². The van der Waals surface area contributed by atoms with E-state index in [0.29, 0.717) is 19.6 Å². The number of carbonyl (C=O) groups is 1. The molecule has 6 nitrogen and oxygen atoms in total. The maximum absolute atomic E-state index is 12.6. The zero-order valence-corrected chi connectivity index (χ0v) is 26.3. The summed E-state index contributed by atoms with van der Waals surface area (Å²) in [5.74, 6) is 0.665. The van der Waals surface area contributed by atoms with E-state index in [1.807, 2.05) is 38.1 Å². The van der Waals surface area contributed by atoms with E-state index in [-0.39, 0.29) is 40.8 Å². The highest BCUT2D eigenvalue weighted by atomic mass is 28.4. The molecule has 1 aromatic rings. The van der Waals surface area contributed by atoms with Gasteiger partial charge in [0, 0.05) is 11.8 Å². The lowest BCUT2D eigenvalue weighted by Gasteiger charge is -2.49. The van der Waals surface area contributed by atoms with Gasteiger partial charge in [-0.25, -0.2) is 0 Å². The fraction of sp³-hybridized carbons (Fsp3) is 0.767. The summed E-state index contributed by atoms with van der Waals surface area (Å²) in [5.41, 5.74) is 1.11. The van der Waals surface area contributed by atoms with Crippen LogP contribution in [0.2, 0.25) is 18.1 Å². The van der Waals surface area contributed by atoms with Crippen molar-refractivity contribution in [3.8, 4) is 5.75 Å². The van der Waals surface area contributed by atoms with Gasteiger partial charge in [-0.15, -0.1) is 0 Å². The highest BCUT2D eigenvalue weighted by Gasteiger charge is 2.46. The second-order valence-corrected chi connectivity index (χ2v) is 17.7. The van der Waals surface area contributed by atoms with Gasteiger partial charge >= 0.3 is 0 Å². The summed E-state index contributed by atoms with van der Waals surface area (Å²) in [5, 5.41) is 0.0424. The summed E-state index contributed by atoms with van der Waals surface area (Å²) in [4.78, 5) is 12.6. The maximum Gasteiger partial charge on any atom is 0.193 e. The van der Waals surface area contributed by atoms with Crippen LogP contribution in [0.15, 0.2) is 24.3 Å². The third-order valence-corrected chi connectivity index (χ3v) is 12.6. The Bertz CT molecular complexity index is 860. The van der Waals surface area contributed by atoms with Crippen molar-refractivity contribution in [1.29, 1.82) is 0 Å². The van der Waals surface area contributed by atoms with Crippen LogP contribution < -0.4 is 4.74 Å². The van der Waals surface area contributed by atoms with Gasteiger partial charge in [0.1, 0.15) is 11.9 Å². The van der Waals surface area contributed by atoms with Crippen molar-refractivity contribution >= 4 is 14.1 Å². The first kappa shape index (κ1) is 32.0. The van der Waals surface area contributed by atoms with Crippen molar-refractivity contribution in [2.45, 2.75) is 118 Å². The minimum absolute atomic E-state index is 0.0239. The van der Waals surface area contributed by atoms with Crippen molar-refractivity contribution in [3.05, 3.63) is 29.8 Å². The monoisotopic (exact) mass is 536 g/mol. The molecule has 0 radical (unpaired) electrons. The lowest BCUT2D eigenvalue weighted by atomic mass is 9.80. The molecule has 1 heterocycles. The predicted octanol–water partition coefficient (Wildman–Crippen LogP) is 7.01. The normalized spacial score (nSPS) is 24.8. The van der Waals surface area contributed by atoms with Gasteiger partial charge in [-0.2, -0.15) is 0 Å². The topological polar surface area (TPSA) is 63.2 Å². The second kappa shape index (κ2) is 12.7. The first-order valence-corrected chi connectivity index (χ1v) is 16.6. The van der Waals surface area contributed by atoms with Gasteiger partial charge in [0.25, 0.3) is 0 Å². The molecule has 0 aliphatic carbocycles. The molecule has 1 aliphatic rings. The van der Waals surface area contributed by atoms with E-state index in [2.05, 4.69) is 54.6 Å². The molecule has 1 fully saturated rings. The Hall–Kier alpha value is -1.25. The molecule has 0 aromatic heterocycles. The minimum Gasteiger partial charge on any atom is -0.497 e. The fourth-order valence-electron chi connectivity index (χ4n) is 4.83. The van der Waals surface area contributed by atoms with Gasteiger partial charge in [-0.1, -0.05) is 53.7 Å². The smallest absolute Gasteiger partial charge is 0.193 e. The zero-order chi connectivity index (χ0) is 28.2. The average molecular weight is 537 g/mol. The highest BCUT2D eigenvalue weighted by molar-refractivity contribution is 6.74. The van der Waals surface area contributed by atoms with Crippen LogP contribution in [0.5, 0.6) is 5.75 Å². The standard InChI is InChI=1S/C30H52O6Si/c1-20(17-26(23(4)31)36-37(11,12)29(5,6)7)27-22(3)28(35-30(8,9)34-27)21(2)18-33-19-24-13-15-25(32-10)16-14-24/h13-16,20-22,26-28H,17-19H2,1-12H3/t20-,21-,22+,26-,27-,28-/m0/s1. The molecule has 0 amide bonds. The fourth-order valence-corrected chi connectivity index (χ4v) is 6.16. The number of benzene rings is 1. The Morgan fingerprint density at radius 2 is 1.59 bits per heavy atom. The molecular formula is C30H52O6Si. The Morgan fingerprint density at radius 3 is 2.08 bits per heavy atom. The first-order valence-electron chi connectivity index (χ1n) is 13.7. The second-order valence-electron chi connectivity index (χ2n) is 13.0. The number of ketones is 1. The van der Waals surface area contributed by atoms with E-state index in [4.69, 9.17) is 23.4 Å².